The average molecular weight is 566 g/mol. The van der Waals surface area contributed by atoms with Crippen molar-refractivity contribution in [2.45, 2.75) is 39.3 Å². The molecule has 0 fully saturated rings. The van der Waals surface area contributed by atoms with Crippen LogP contribution in [0.4, 0.5) is 17.6 Å². The van der Waals surface area contributed by atoms with Crippen LogP contribution in [0.5, 0.6) is 0 Å². The van der Waals surface area contributed by atoms with Crippen molar-refractivity contribution in [2.24, 2.45) is 5.41 Å². The van der Waals surface area contributed by atoms with E-state index in [2.05, 4.69) is 10.3 Å². The number of hydrogen-bond acceptors (Lipinski definition) is 5. The molecule has 4 rings (SSSR count). The molecule has 0 saturated carbocycles. The van der Waals surface area contributed by atoms with E-state index in [0.717, 1.165) is 5.56 Å². The van der Waals surface area contributed by atoms with Gasteiger partial charge >= 0.3 is 6.18 Å². The van der Waals surface area contributed by atoms with Crippen molar-refractivity contribution in [3.63, 3.8) is 0 Å². The molecule has 1 atom stereocenters. The lowest BCUT2D eigenvalue weighted by atomic mass is 9.85. The summed E-state index contributed by atoms with van der Waals surface area (Å²) in [6.45, 7) is 2.23. The molecule has 0 aliphatic heterocycles. The molecule has 10 heteroatoms. The summed E-state index contributed by atoms with van der Waals surface area (Å²) in [6.07, 6.45) is -6.45. The lowest BCUT2D eigenvalue weighted by molar-refractivity contribution is -0.134. The highest BCUT2D eigenvalue weighted by Crippen LogP contribution is 2.38. The van der Waals surface area contributed by atoms with Crippen LogP contribution in [-0.2, 0) is 6.42 Å². The first-order valence-electron chi connectivity index (χ1n) is 12.8. The molecule has 2 aromatic heterocycles. The molecule has 41 heavy (non-hydrogen) atoms. The van der Waals surface area contributed by atoms with Crippen LogP contribution < -0.4 is 5.32 Å². The van der Waals surface area contributed by atoms with Gasteiger partial charge in [-0.15, -0.1) is 0 Å². The van der Waals surface area contributed by atoms with Crippen molar-refractivity contribution in [1.29, 1.82) is 5.26 Å². The van der Waals surface area contributed by atoms with Gasteiger partial charge < -0.3 is 9.73 Å². The second-order valence-electron chi connectivity index (χ2n) is 10.2. The number of Topliss-reactive ketones (excluding diaryl/α,β-unsaturated/α-hetero) is 1. The number of carbonyl (C=O) groups is 2. The summed E-state index contributed by atoms with van der Waals surface area (Å²) in [4.78, 5) is 30.4. The number of furan rings is 1. The summed E-state index contributed by atoms with van der Waals surface area (Å²) in [7, 11) is 1.45. The predicted molar refractivity (Wildman–Crippen MR) is 146 cm³/mol. The number of nitriles is 1. The third-order valence-electron chi connectivity index (χ3n) is 6.79. The fraction of sp³-hybridized carbons (Fsp3) is 0.290. The zero-order valence-corrected chi connectivity index (χ0v) is 22.7. The van der Waals surface area contributed by atoms with Crippen LogP contribution >= 0.6 is 0 Å². The van der Waals surface area contributed by atoms with Gasteiger partial charge in [0.15, 0.2) is 5.78 Å². The maximum Gasteiger partial charge on any atom is 0.389 e. The van der Waals surface area contributed by atoms with Gasteiger partial charge in [0.1, 0.15) is 12.4 Å². The molecule has 0 aliphatic rings. The third-order valence-corrected chi connectivity index (χ3v) is 6.79. The first kappa shape index (κ1) is 29.5. The van der Waals surface area contributed by atoms with E-state index in [9.17, 15) is 32.4 Å². The average Bonchev–Trinajstić information content (AvgIpc) is 3.33. The Bertz CT molecular complexity index is 1650. The number of nitrogens with zero attached hydrogens (tertiary/aromatic N) is 2. The van der Waals surface area contributed by atoms with E-state index >= 15 is 0 Å². The van der Waals surface area contributed by atoms with E-state index in [-0.39, 0.29) is 45.7 Å². The summed E-state index contributed by atoms with van der Waals surface area (Å²) < 4.78 is 59.1. The number of aromatic nitrogens is 1. The Morgan fingerprint density at radius 1 is 1.07 bits per heavy atom. The zero-order valence-electron chi connectivity index (χ0n) is 22.7. The molecule has 4 aromatic rings. The largest absolute Gasteiger partial charge is 0.437 e. The van der Waals surface area contributed by atoms with E-state index in [1.54, 1.807) is 30.3 Å². The number of pyridine rings is 1. The molecular formula is C31H27F4N3O3. The second kappa shape index (κ2) is 11.5. The maximum atomic E-state index is 13.4. The summed E-state index contributed by atoms with van der Waals surface area (Å²) in [6, 6.07) is 16.7. The Labute approximate surface area is 234 Å². The molecule has 0 saturated heterocycles. The Kier molecular flexibility index (Phi) is 8.29. The van der Waals surface area contributed by atoms with Gasteiger partial charge in [-0.2, -0.15) is 18.4 Å². The van der Waals surface area contributed by atoms with Crippen LogP contribution in [0.25, 0.3) is 33.6 Å². The number of benzene rings is 2. The minimum Gasteiger partial charge on any atom is -0.437 e. The lowest BCUT2D eigenvalue weighted by Crippen LogP contribution is -2.21. The monoisotopic (exact) mass is 565 g/mol. The van der Waals surface area contributed by atoms with E-state index in [0.29, 0.717) is 11.1 Å². The molecule has 0 aliphatic carbocycles. The molecule has 212 valence electrons. The van der Waals surface area contributed by atoms with Crippen LogP contribution in [0.15, 0.2) is 59.0 Å². The Balaban J connectivity index is 1.91. The van der Waals surface area contributed by atoms with Gasteiger partial charge in [-0.1, -0.05) is 48.0 Å². The molecule has 2 aromatic carbocycles. The van der Waals surface area contributed by atoms with Crippen LogP contribution in [0, 0.1) is 23.7 Å². The van der Waals surface area contributed by atoms with E-state index < -0.39 is 42.8 Å². The van der Waals surface area contributed by atoms with Crippen molar-refractivity contribution >= 4 is 22.8 Å². The quantitative estimate of drug-likeness (QED) is 0.169. The number of alkyl halides is 4. The molecule has 0 bridgehead atoms. The normalized spacial score (nSPS) is 13.0. The fourth-order valence-corrected chi connectivity index (χ4v) is 4.45. The molecule has 1 amide bonds. The zero-order chi connectivity index (χ0) is 29.9. The molecule has 2 heterocycles. The number of rotatable bonds is 9. The van der Waals surface area contributed by atoms with E-state index in [1.807, 2.05) is 25.1 Å². The minimum absolute atomic E-state index is 0.0000584. The highest BCUT2D eigenvalue weighted by molar-refractivity contribution is 6.11. The molecule has 6 nitrogen and oxygen atoms in total. The molecule has 0 spiro atoms. The van der Waals surface area contributed by atoms with Gasteiger partial charge in [-0.05, 0) is 38.0 Å². The third kappa shape index (κ3) is 6.46. The summed E-state index contributed by atoms with van der Waals surface area (Å²) in [5, 5.41) is 12.1. The number of fused-ring (bicyclic) bond motifs is 1. The predicted octanol–water partition coefficient (Wildman–Crippen LogP) is 7.40. The van der Waals surface area contributed by atoms with Crippen molar-refractivity contribution in [3.05, 3.63) is 77.0 Å². The van der Waals surface area contributed by atoms with Gasteiger partial charge in [0.25, 0.3) is 5.91 Å². The number of hydrogen-bond donors (Lipinski definition) is 1. The van der Waals surface area contributed by atoms with Crippen LogP contribution in [-0.4, -0.2) is 36.6 Å². The molecule has 0 radical (unpaired) electrons. The summed E-state index contributed by atoms with van der Waals surface area (Å²) in [5.74, 6) is -0.742. The first-order chi connectivity index (χ1) is 19.4. The SMILES string of the molecule is CNC(=O)c1c(-c2ccc(C)cc2)oc2nc(CCC(F)(F)F)c(-c3cccc(C(=O)CC(C)(C#N)CF)c3)cc12. The molecular weight excluding hydrogens is 538 g/mol. The van der Waals surface area contributed by atoms with E-state index in [4.69, 9.17) is 4.42 Å². The highest BCUT2D eigenvalue weighted by atomic mass is 19.4. The minimum atomic E-state index is -4.46. The van der Waals surface area contributed by atoms with Crippen molar-refractivity contribution < 1.29 is 31.6 Å². The van der Waals surface area contributed by atoms with Crippen LogP contribution in [0.2, 0.25) is 0 Å². The van der Waals surface area contributed by atoms with Crippen molar-refractivity contribution in [1.82, 2.24) is 10.3 Å². The summed E-state index contributed by atoms with van der Waals surface area (Å²) in [5.41, 5.74) is 1.13. The molecule has 1 N–H and O–H groups in total. The summed E-state index contributed by atoms with van der Waals surface area (Å²) >= 11 is 0. The Morgan fingerprint density at radius 3 is 2.39 bits per heavy atom. The highest BCUT2D eigenvalue weighted by Gasteiger charge is 2.30. The van der Waals surface area contributed by atoms with Gasteiger partial charge in [0, 0.05) is 36.6 Å². The maximum absolute atomic E-state index is 13.4. The van der Waals surface area contributed by atoms with Crippen LogP contribution in [0.3, 0.4) is 0 Å². The topological polar surface area (TPSA) is 96.0 Å². The van der Waals surface area contributed by atoms with Gasteiger partial charge in [0.2, 0.25) is 5.71 Å². The molecule has 1 unspecified atom stereocenters. The number of ketones is 1. The smallest absolute Gasteiger partial charge is 0.389 e. The van der Waals surface area contributed by atoms with Crippen LogP contribution in [0.1, 0.15) is 51.7 Å². The standard InChI is InChI=1S/C31H27F4N3O3/c1-18-7-9-19(10-8-18)27-26(28(40)37-3)23-14-22(24(38-29(23)41-27)11-12-31(33,34)35)20-5-4-6-21(13-20)25(39)15-30(2,16-32)17-36/h4-10,13-14H,11-12,15-16H2,1-3H3,(H,37,40). The van der Waals surface area contributed by atoms with Gasteiger partial charge in [0.05, 0.1) is 28.1 Å². The van der Waals surface area contributed by atoms with Gasteiger partial charge in [-0.3, -0.25) is 9.59 Å². The number of amides is 1. The number of halogens is 4. The number of carbonyl (C=O) groups excluding carboxylic acids is 2. The second-order valence-corrected chi connectivity index (χ2v) is 10.2. The fourth-order valence-electron chi connectivity index (χ4n) is 4.45. The Hall–Kier alpha value is -4.52. The Morgan fingerprint density at radius 2 is 1.78 bits per heavy atom. The van der Waals surface area contributed by atoms with Crippen molar-refractivity contribution in [2.75, 3.05) is 13.7 Å². The van der Waals surface area contributed by atoms with Crippen molar-refractivity contribution in [3.8, 4) is 28.5 Å². The first-order valence-corrected chi connectivity index (χ1v) is 12.8. The van der Waals surface area contributed by atoms with E-state index in [1.165, 1.54) is 26.1 Å². The lowest BCUT2D eigenvalue weighted by Gasteiger charge is -2.16. The van der Waals surface area contributed by atoms with Gasteiger partial charge in [-0.25, -0.2) is 9.37 Å². The number of aryl methyl sites for hydroxylation is 2. The number of nitrogens with one attached hydrogen (secondary N) is 1.